The molecule has 0 bridgehead atoms. The summed E-state index contributed by atoms with van der Waals surface area (Å²) in [6, 6.07) is 0.370. The molecular weight excluding hydrogens is 272 g/mol. The van der Waals surface area contributed by atoms with Crippen molar-refractivity contribution in [2.45, 2.75) is 69.5 Å². The molecule has 5 nitrogen and oxygen atoms in total. The maximum absolute atomic E-state index is 11.9. The Morgan fingerprint density at radius 3 is 2.65 bits per heavy atom. The second-order valence-corrected chi connectivity index (χ2v) is 7.35. The van der Waals surface area contributed by atoms with Gasteiger partial charge in [0.15, 0.2) is 0 Å². The summed E-state index contributed by atoms with van der Waals surface area (Å²) in [5.74, 6) is 1.33. The van der Waals surface area contributed by atoms with Gasteiger partial charge in [-0.25, -0.2) is 4.98 Å². The van der Waals surface area contributed by atoms with Gasteiger partial charge >= 0.3 is 0 Å². The van der Waals surface area contributed by atoms with Gasteiger partial charge in [-0.3, -0.25) is 9.89 Å². The zero-order valence-corrected chi connectivity index (χ0v) is 13.3. The van der Waals surface area contributed by atoms with Gasteiger partial charge in [0.25, 0.3) is 0 Å². The fraction of sp³-hybridized carbons (Fsp3) is 0.786. The van der Waals surface area contributed by atoms with Crippen LogP contribution in [-0.4, -0.2) is 32.9 Å². The highest BCUT2D eigenvalue weighted by Crippen LogP contribution is 2.21. The van der Waals surface area contributed by atoms with Crippen molar-refractivity contribution in [1.29, 1.82) is 0 Å². The van der Waals surface area contributed by atoms with Crippen LogP contribution >= 0.6 is 11.8 Å². The smallest absolute Gasteiger partial charge is 0.230 e. The molecule has 1 aliphatic rings. The molecular formula is C14H24N4OS. The Morgan fingerprint density at radius 1 is 1.35 bits per heavy atom. The molecule has 0 atom stereocenters. The van der Waals surface area contributed by atoms with Gasteiger partial charge in [0.1, 0.15) is 5.82 Å². The number of hydrogen-bond donors (Lipinski definition) is 2. The highest BCUT2D eigenvalue weighted by Gasteiger charge is 2.20. The summed E-state index contributed by atoms with van der Waals surface area (Å²) >= 11 is 1.39. The molecule has 1 saturated carbocycles. The molecule has 0 aliphatic heterocycles. The Kier molecular flexibility index (Phi) is 5.07. The molecule has 20 heavy (non-hydrogen) atoms. The second kappa shape index (κ2) is 6.61. The van der Waals surface area contributed by atoms with Crippen LogP contribution in [0, 0.1) is 0 Å². The van der Waals surface area contributed by atoms with Gasteiger partial charge < -0.3 is 5.32 Å². The van der Waals surface area contributed by atoms with Crippen LogP contribution in [0.1, 0.15) is 58.7 Å². The average Bonchev–Trinajstić information content (AvgIpc) is 2.86. The second-order valence-electron chi connectivity index (χ2n) is 6.41. The normalized spacial score (nSPS) is 17.1. The van der Waals surface area contributed by atoms with Crippen LogP contribution in [0.5, 0.6) is 0 Å². The number of rotatable bonds is 4. The van der Waals surface area contributed by atoms with Crippen LogP contribution in [0.3, 0.4) is 0 Å². The van der Waals surface area contributed by atoms with Crippen molar-refractivity contribution in [2.75, 3.05) is 5.75 Å². The highest BCUT2D eigenvalue weighted by molar-refractivity contribution is 7.99. The first kappa shape index (κ1) is 15.4. The van der Waals surface area contributed by atoms with Crippen molar-refractivity contribution < 1.29 is 4.79 Å². The summed E-state index contributed by atoms with van der Waals surface area (Å²) in [5.41, 5.74) is -0.0455. The van der Waals surface area contributed by atoms with Gasteiger partial charge in [-0.1, -0.05) is 51.8 Å². The zero-order valence-electron chi connectivity index (χ0n) is 12.5. The lowest BCUT2D eigenvalue weighted by Gasteiger charge is -2.22. The molecule has 1 fully saturated rings. The molecule has 0 radical (unpaired) electrons. The van der Waals surface area contributed by atoms with Crippen LogP contribution in [0.4, 0.5) is 0 Å². The molecule has 112 valence electrons. The van der Waals surface area contributed by atoms with E-state index in [1.165, 1.54) is 31.0 Å². The van der Waals surface area contributed by atoms with Gasteiger partial charge in [-0.15, -0.1) is 5.10 Å². The van der Waals surface area contributed by atoms with E-state index in [1.54, 1.807) is 0 Å². The van der Waals surface area contributed by atoms with E-state index >= 15 is 0 Å². The summed E-state index contributed by atoms with van der Waals surface area (Å²) < 4.78 is 0. The third kappa shape index (κ3) is 4.51. The number of H-pyrrole nitrogens is 1. The molecule has 2 N–H and O–H groups in total. The van der Waals surface area contributed by atoms with Crippen molar-refractivity contribution in [3.8, 4) is 0 Å². The molecule has 0 spiro atoms. The van der Waals surface area contributed by atoms with E-state index in [4.69, 9.17) is 0 Å². The summed E-state index contributed by atoms with van der Waals surface area (Å²) in [7, 11) is 0. The highest BCUT2D eigenvalue weighted by atomic mass is 32.2. The summed E-state index contributed by atoms with van der Waals surface area (Å²) in [6.07, 6.45) is 5.99. The molecule has 0 aromatic carbocycles. The Labute approximate surface area is 124 Å². The van der Waals surface area contributed by atoms with Crippen molar-refractivity contribution in [3.63, 3.8) is 0 Å². The predicted molar refractivity (Wildman–Crippen MR) is 80.8 cm³/mol. The van der Waals surface area contributed by atoms with E-state index in [2.05, 4.69) is 41.3 Å². The molecule has 0 saturated heterocycles. The molecule has 6 heteroatoms. The number of aromatic nitrogens is 3. The molecule has 1 aromatic heterocycles. The van der Waals surface area contributed by atoms with E-state index in [0.717, 1.165) is 18.7 Å². The topological polar surface area (TPSA) is 70.7 Å². The van der Waals surface area contributed by atoms with Crippen molar-refractivity contribution in [3.05, 3.63) is 5.82 Å². The van der Waals surface area contributed by atoms with Gasteiger partial charge in [0.2, 0.25) is 11.1 Å². The first-order chi connectivity index (χ1) is 9.45. The Morgan fingerprint density at radius 2 is 2.05 bits per heavy atom. The number of hydrogen-bond acceptors (Lipinski definition) is 4. The average molecular weight is 296 g/mol. The number of amides is 1. The van der Waals surface area contributed by atoms with Gasteiger partial charge in [0.05, 0.1) is 5.75 Å². The molecule has 1 amide bonds. The minimum Gasteiger partial charge on any atom is -0.353 e. The zero-order chi connectivity index (χ0) is 14.6. The van der Waals surface area contributed by atoms with Gasteiger partial charge in [-0.05, 0) is 12.8 Å². The van der Waals surface area contributed by atoms with Crippen LogP contribution in [0.15, 0.2) is 5.16 Å². The lowest BCUT2D eigenvalue weighted by atomic mass is 9.95. The number of nitrogens with zero attached hydrogens (tertiary/aromatic N) is 2. The molecule has 1 aromatic rings. The number of nitrogens with one attached hydrogen (secondary N) is 2. The van der Waals surface area contributed by atoms with E-state index < -0.39 is 0 Å². The summed E-state index contributed by atoms with van der Waals surface area (Å²) in [5, 5.41) is 10.8. The maximum atomic E-state index is 11.9. The largest absolute Gasteiger partial charge is 0.353 e. The van der Waals surface area contributed by atoms with Crippen molar-refractivity contribution >= 4 is 17.7 Å². The van der Waals surface area contributed by atoms with Crippen LogP contribution in [-0.2, 0) is 10.2 Å². The molecule has 0 unspecified atom stereocenters. The Hall–Kier alpha value is -1.04. The van der Waals surface area contributed by atoms with E-state index in [1.807, 2.05) is 0 Å². The third-order valence-electron chi connectivity index (χ3n) is 3.48. The predicted octanol–water partition coefficient (Wildman–Crippen LogP) is 2.64. The molecule has 2 rings (SSSR count). The van der Waals surface area contributed by atoms with Crippen molar-refractivity contribution in [2.24, 2.45) is 0 Å². The number of carbonyl (C=O) groups excluding carboxylic acids is 1. The Bertz CT molecular complexity index is 446. The van der Waals surface area contributed by atoms with Crippen molar-refractivity contribution in [1.82, 2.24) is 20.5 Å². The van der Waals surface area contributed by atoms with Gasteiger partial charge in [0, 0.05) is 11.5 Å². The van der Waals surface area contributed by atoms with E-state index in [9.17, 15) is 4.79 Å². The van der Waals surface area contributed by atoms with Gasteiger partial charge in [-0.2, -0.15) is 0 Å². The lowest BCUT2D eigenvalue weighted by molar-refractivity contribution is -0.119. The number of thioether (sulfide) groups is 1. The van der Waals surface area contributed by atoms with Crippen LogP contribution in [0.25, 0.3) is 0 Å². The SMILES string of the molecule is CC(C)(C)c1nc(SCC(=O)NC2CCCCC2)n[nH]1. The fourth-order valence-corrected chi connectivity index (χ4v) is 2.90. The summed E-state index contributed by atoms with van der Waals surface area (Å²) in [4.78, 5) is 16.3. The quantitative estimate of drug-likeness (QED) is 0.838. The first-order valence-electron chi connectivity index (χ1n) is 7.30. The molecule has 1 heterocycles. The first-order valence-corrected chi connectivity index (χ1v) is 8.29. The van der Waals surface area contributed by atoms with E-state index in [0.29, 0.717) is 17.0 Å². The third-order valence-corrected chi connectivity index (χ3v) is 4.33. The Balaban J connectivity index is 1.76. The summed E-state index contributed by atoms with van der Waals surface area (Å²) in [6.45, 7) is 6.24. The van der Waals surface area contributed by atoms with Crippen LogP contribution in [0.2, 0.25) is 0 Å². The standard InChI is InChI=1S/C14H24N4OS/c1-14(2,3)12-16-13(18-17-12)20-9-11(19)15-10-7-5-4-6-8-10/h10H,4-9H2,1-3H3,(H,15,19)(H,16,17,18). The minimum absolute atomic E-state index is 0.0455. The monoisotopic (exact) mass is 296 g/mol. The fourth-order valence-electron chi connectivity index (χ4n) is 2.29. The maximum Gasteiger partial charge on any atom is 0.230 e. The van der Waals surface area contributed by atoms with E-state index in [-0.39, 0.29) is 11.3 Å². The molecule has 1 aliphatic carbocycles. The minimum atomic E-state index is -0.0455. The lowest BCUT2D eigenvalue weighted by Crippen LogP contribution is -2.37. The number of aromatic amines is 1. The number of carbonyl (C=O) groups is 1. The van der Waals surface area contributed by atoms with Crippen LogP contribution < -0.4 is 5.32 Å².